The molecule has 3 aromatic rings. The first kappa shape index (κ1) is 12.3. The van der Waals surface area contributed by atoms with Gasteiger partial charge in [-0.3, -0.25) is 18.9 Å². The Kier molecular flexibility index (Phi) is 2.95. The van der Waals surface area contributed by atoms with E-state index in [2.05, 4.69) is 4.98 Å². The van der Waals surface area contributed by atoms with Gasteiger partial charge in [-0.05, 0) is 23.8 Å². The van der Waals surface area contributed by atoms with Gasteiger partial charge >= 0.3 is 5.69 Å². The van der Waals surface area contributed by atoms with E-state index in [-0.39, 0.29) is 17.8 Å². The Balaban J connectivity index is 2.27. The number of fused-ring (bicyclic) bond motifs is 1. The van der Waals surface area contributed by atoms with E-state index in [1.165, 1.54) is 9.13 Å². The van der Waals surface area contributed by atoms with Crippen LogP contribution in [0, 0.1) is 0 Å². The van der Waals surface area contributed by atoms with Crippen LogP contribution in [0.15, 0.2) is 58.4 Å². The number of benzene rings is 1. The molecule has 5 heteroatoms. The van der Waals surface area contributed by atoms with Crippen molar-refractivity contribution < 1.29 is 0 Å². The highest BCUT2D eigenvalue weighted by Gasteiger charge is 2.10. The van der Waals surface area contributed by atoms with E-state index in [0.29, 0.717) is 10.9 Å². The van der Waals surface area contributed by atoms with E-state index in [1.807, 2.05) is 12.1 Å². The minimum absolute atomic E-state index is 0.226. The Hall–Kier alpha value is -2.69. The predicted octanol–water partition coefficient (Wildman–Crippen LogP) is 1.14. The zero-order valence-electron chi connectivity index (χ0n) is 11.0. The molecule has 0 aliphatic rings. The molecule has 0 fully saturated rings. The molecular formula is C15H13N3O2. The summed E-state index contributed by atoms with van der Waals surface area (Å²) in [6.45, 7) is 0.226. The van der Waals surface area contributed by atoms with Crippen LogP contribution in [-0.4, -0.2) is 14.1 Å². The van der Waals surface area contributed by atoms with Crippen molar-refractivity contribution >= 4 is 10.9 Å². The first-order chi connectivity index (χ1) is 9.68. The van der Waals surface area contributed by atoms with Crippen LogP contribution in [0.2, 0.25) is 0 Å². The zero-order chi connectivity index (χ0) is 14.1. The maximum atomic E-state index is 12.4. The fraction of sp³-hybridized carbons (Fsp3) is 0.133. The molecule has 0 radical (unpaired) electrons. The van der Waals surface area contributed by atoms with E-state index in [1.54, 1.807) is 43.7 Å². The molecule has 0 aliphatic carbocycles. The maximum absolute atomic E-state index is 12.4. The first-order valence-electron chi connectivity index (χ1n) is 6.26. The molecule has 0 amide bonds. The number of aromatic nitrogens is 3. The fourth-order valence-corrected chi connectivity index (χ4v) is 2.28. The standard InChI is InChI=1S/C15H13N3O2/c1-17-13-7-3-2-6-12(13)14(19)18(15(17)20)10-11-5-4-8-16-9-11/h2-9H,10H2,1H3. The molecular weight excluding hydrogens is 254 g/mol. The number of pyridine rings is 1. The van der Waals surface area contributed by atoms with Gasteiger partial charge in [0.2, 0.25) is 0 Å². The van der Waals surface area contributed by atoms with E-state index < -0.39 is 0 Å². The molecule has 0 spiro atoms. The van der Waals surface area contributed by atoms with Crippen LogP contribution in [0.1, 0.15) is 5.56 Å². The summed E-state index contributed by atoms with van der Waals surface area (Å²) in [5.74, 6) is 0. The Morgan fingerprint density at radius 2 is 1.90 bits per heavy atom. The van der Waals surface area contributed by atoms with Crippen LogP contribution >= 0.6 is 0 Å². The van der Waals surface area contributed by atoms with Crippen molar-refractivity contribution in [1.82, 2.24) is 14.1 Å². The van der Waals surface area contributed by atoms with E-state index >= 15 is 0 Å². The van der Waals surface area contributed by atoms with Gasteiger partial charge in [0.05, 0.1) is 17.4 Å². The van der Waals surface area contributed by atoms with Crippen LogP contribution in [-0.2, 0) is 13.6 Å². The van der Waals surface area contributed by atoms with E-state index in [0.717, 1.165) is 5.56 Å². The van der Waals surface area contributed by atoms with Crippen LogP contribution < -0.4 is 11.2 Å². The van der Waals surface area contributed by atoms with Crippen molar-refractivity contribution in [1.29, 1.82) is 0 Å². The monoisotopic (exact) mass is 267 g/mol. The minimum Gasteiger partial charge on any atom is -0.296 e. The third kappa shape index (κ3) is 1.93. The second-order valence-corrected chi connectivity index (χ2v) is 4.61. The summed E-state index contributed by atoms with van der Waals surface area (Å²) in [5, 5.41) is 0.540. The number of para-hydroxylation sites is 1. The van der Waals surface area contributed by atoms with Gasteiger partial charge in [0.1, 0.15) is 0 Å². The molecule has 2 aromatic heterocycles. The fourth-order valence-electron chi connectivity index (χ4n) is 2.28. The Labute approximate surface area is 114 Å². The van der Waals surface area contributed by atoms with Crippen LogP contribution in [0.3, 0.4) is 0 Å². The van der Waals surface area contributed by atoms with E-state index in [4.69, 9.17) is 0 Å². The van der Waals surface area contributed by atoms with Crippen LogP contribution in [0.4, 0.5) is 0 Å². The molecule has 1 aromatic carbocycles. The van der Waals surface area contributed by atoms with Gasteiger partial charge in [0, 0.05) is 19.4 Å². The van der Waals surface area contributed by atoms with Gasteiger partial charge in [0.15, 0.2) is 0 Å². The third-order valence-electron chi connectivity index (χ3n) is 3.32. The summed E-state index contributed by atoms with van der Waals surface area (Å²) < 4.78 is 2.73. The Bertz CT molecular complexity index is 879. The molecule has 0 aliphatic heterocycles. The zero-order valence-corrected chi connectivity index (χ0v) is 11.0. The molecule has 0 saturated heterocycles. The van der Waals surface area contributed by atoms with Crippen molar-refractivity contribution in [3.8, 4) is 0 Å². The van der Waals surface area contributed by atoms with Crippen LogP contribution in [0.5, 0.6) is 0 Å². The summed E-state index contributed by atoms with van der Waals surface area (Å²) in [4.78, 5) is 28.7. The lowest BCUT2D eigenvalue weighted by Gasteiger charge is -2.10. The van der Waals surface area contributed by atoms with Gasteiger partial charge in [-0.1, -0.05) is 18.2 Å². The number of hydrogen-bond donors (Lipinski definition) is 0. The average Bonchev–Trinajstić information content (AvgIpc) is 2.50. The summed E-state index contributed by atoms with van der Waals surface area (Å²) in [6.07, 6.45) is 3.31. The molecule has 5 nitrogen and oxygen atoms in total. The molecule has 2 heterocycles. The molecule has 100 valence electrons. The highest BCUT2D eigenvalue weighted by Crippen LogP contribution is 2.06. The van der Waals surface area contributed by atoms with E-state index in [9.17, 15) is 9.59 Å². The smallest absolute Gasteiger partial charge is 0.296 e. The molecule has 0 unspecified atom stereocenters. The predicted molar refractivity (Wildman–Crippen MR) is 76.8 cm³/mol. The highest BCUT2D eigenvalue weighted by atomic mass is 16.2. The van der Waals surface area contributed by atoms with Crippen molar-refractivity contribution in [2.75, 3.05) is 0 Å². The van der Waals surface area contributed by atoms with Gasteiger partial charge in [-0.25, -0.2) is 4.79 Å². The first-order valence-corrected chi connectivity index (χ1v) is 6.26. The van der Waals surface area contributed by atoms with Gasteiger partial charge in [-0.15, -0.1) is 0 Å². The average molecular weight is 267 g/mol. The van der Waals surface area contributed by atoms with Gasteiger partial charge in [0.25, 0.3) is 5.56 Å². The summed E-state index contributed by atoms with van der Waals surface area (Å²) in [5.41, 5.74) is 0.872. The third-order valence-corrected chi connectivity index (χ3v) is 3.32. The lowest BCUT2D eigenvalue weighted by molar-refractivity contribution is 0.659. The van der Waals surface area contributed by atoms with Gasteiger partial charge in [-0.2, -0.15) is 0 Å². The second-order valence-electron chi connectivity index (χ2n) is 4.61. The molecule has 0 bridgehead atoms. The summed E-state index contributed by atoms with van der Waals surface area (Å²) in [6, 6.07) is 10.7. The number of nitrogens with zero attached hydrogens (tertiary/aromatic N) is 3. The topological polar surface area (TPSA) is 56.9 Å². The molecule has 20 heavy (non-hydrogen) atoms. The van der Waals surface area contributed by atoms with Crippen molar-refractivity contribution in [3.05, 3.63) is 75.2 Å². The number of aryl methyl sites for hydroxylation is 1. The highest BCUT2D eigenvalue weighted by molar-refractivity contribution is 5.77. The Morgan fingerprint density at radius 1 is 1.10 bits per heavy atom. The second kappa shape index (κ2) is 4.77. The van der Waals surface area contributed by atoms with Gasteiger partial charge < -0.3 is 0 Å². The lowest BCUT2D eigenvalue weighted by atomic mass is 10.2. The molecule has 0 N–H and O–H groups in total. The lowest BCUT2D eigenvalue weighted by Crippen LogP contribution is -2.39. The normalized spacial score (nSPS) is 10.8. The summed E-state index contributed by atoms with van der Waals surface area (Å²) >= 11 is 0. The Morgan fingerprint density at radius 3 is 2.65 bits per heavy atom. The largest absolute Gasteiger partial charge is 0.331 e. The molecule has 3 rings (SSSR count). The number of rotatable bonds is 2. The SMILES string of the molecule is Cn1c(=O)n(Cc2cccnc2)c(=O)c2ccccc21. The van der Waals surface area contributed by atoms with Crippen molar-refractivity contribution in [2.24, 2.45) is 7.05 Å². The molecule has 0 atom stereocenters. The number of hydrogen-bond acceptors (Lipinski definition) is 3. The van der Waals surface area contributed by atoms with Crippen molar-refractivity contribution in [2.45, 2.75) is 6.54 Å². The quantitative estimate of drug-likeness (QED) is 0.699. The van der Waals surface area contributed by atoms with Crippen molar-refractivity contribution in [3.63, 3.8) is 0 Å². The maximum Gasteiger partial charge on any atom is 0.331 e. The van der Waals surface area contributed by atoms with Crippen LogP contribution in [0.25, 0.3) is 10.9 Å². The molecule has 0 saturated carbocycles. The minimum atomic E-state index is -0.322. The summed E-state index contributed by atoms with van der Waals surface area (Å²) in [7, 11) is 1.67.